The minimum atomic E-state index is -0.459. The molecule has 2 N–H and O–H groups in total. The molecule has 0 radical (unpaired) electrons. The summed E-state index contributed by atoms with van der Waals surface area (Å²) < 4.78 is 5.53. The molecule has 0 saturated carbocycles. The molecule has 1 aromatic carbocycles. The minimum Gasteiger partial charge on any atom is -0.491 e. The fourth-order valence-electron chi connectivity index (χ4n) is 2.59. The van der Waals surface area contributed by atoms with Gasteiger partial charge in [-0.25, -0.2) is 0 Å². The normalized spacial score (nSPS) is 21.0. The molecule has 0 bridgehead atoms. The Morgan fingerprint density at radius 3 is 2.90 bits per heavy atom. The Hall–Kier alpha value is -1.10. The Balaban J connectivity index is 1.55. The number of rotatable bonds is 8. The van der Waals surface area contributed by atoms with Gasteiger partial charge < -0.3 is 20.1 Å². The van der Waals surface area contributed by atoms with Crippen LogP contribution in [0, 0.1) is 5.92 Å². The number of aliphatic hydroxyl groups is 1. The summed E-state index contributed by atoms with van der Waals surface area (Å²) in [5.41, 5.74) is 0. The lowest BCUT2D eigenvalue weighted by Gasteiger charge is -2.16. The van der Waals surface area contributed by atoms with E-state index < -0.39 is 6.10 Å². The maximum atomic E-state index is 9.88. The van der Waals surface area contributed by atoms with Gasteiger partial charge in [0.05, 0.1) is 0 Å². The molecule has 20 heavy (non-hydrogen) atoms. The third-order valence-corrected chi connectivity index (χ3v) is 3.82. The molecule has 4 nitrogen and oxygen atoms in total. The quantitative estimate of drug-likeness (QED) is 0.753. The van der Waals surface area contributed by atoms with Crippen molar-refractivity contribution in [2.24, 2.45) is 5.92 Å². The van der Waals surface area contributed by atoms with Crippen LogP contribution in [0.4, 0.5) is 0 Å². The van der Waals surface area contributed by atoms with Crippen LogP contribution in [0.5, 0.6) is 5.75 Å². The Bertz CT molecular complexity index is 372. The van der Waals surface area contributed by atoms with Crippen LogP contribution >= 0.6 is 0 Å². The summed E-state index contributed by atoms with van der Waals surface area (Å²) in [4.78, 5) is 2.47. The van der Waals surface area contributed by atoms with E-state index in [0.29, 0.717) is 13.2 Å². The first kappa shape index (κ1) is 15.3. The van der Waals surface area contributed by atoms with Gasteiger partial charge in [-0.2, -0.15) is 0 Å². The number of hydrogen-bond donors (Lipinski definition) is 2. The zero-order valence-electron chi connectivity index (χ0n) is 12.3. The van der Waals surface area contributed by atoms with E-state index in [1.54, 1.807) is 0 Å². The SMILES string of the molecule is CCN1CCC(CNCC(O)COc2ccccc2)C1. The monoisotopic (exact) mass is 278 g/mol. The fraction of sp³-hybridized carbons (Fsp3) is 0.625. The molecule has 1 fully saturated rings. The van der Waals surface area contributed by atoms with Gasteiger partial charge in [0.15, 0.2) is 0 Å². The van der Waals surface area contributed by atoms with Crippen LogP contribution in [0.3, 0.4) is 0 Å². The minimum absolute atomic E-state index is 0.336. The number of aliphatic hydroxyl groups excluding tert-OH is 1. The summed E-state index contributed by atoms with van der Waals surface area (Å²) in [5, 5.41) is 13.2. The van der Waals surface area contributed by atoms with Crippen LogP contribution in [-0.2, 0) is 0 Å². The molecule has 1 aliphatic heterocycles. The first-order valence-electron chi connectivity index (χ1n) is 7.57. The van der Waals surface area contributed by atoms with Crippen LogP contribution in [0.1, 0.15) is 13.3 Å². The summed E-state index contributed by atoms with van der Waals surface area (Å²) in [7, 11) is 0. The third-order valence-electron chi connectivity index (χ3n) is 3.82. The first-order valence-corrected chi connectivity index (χ1v) is 7.57. The van der Waals surface area contributed by atoms with Gasteiger partial charge in [0.1, 0.15) is 18.5 Å². The lowest BCUT2D eigenvalue weighted by molar-refractivity contribution is 0.105. The summed E-state index contributed by atoms with van der Waals surface area (Å²) >= 11 is 0. The van der Waals surface area contributed by atoms with E-state index in [-0.39, 0.29) is 0 Å². The number of para-hydroxylation sites is 1. The van der Waals surface area contributed by atoms with E-state index in [4.69, 9.17) is 4.74 Å². The van der Waals surface area contributed by atoms with Crippen molar-refractivity contribution < 1.29 is 9.84 Å². The van der Waals surface area contributed by atoms with Crippen molar-refractivity contribution >= 4 is 0 Å². The Kier molecular flexibility index (Phi) is 6.30. The highest BCUT2D eigenvalue weighted by molar-refractivity contribution is 5.20. The third kappa shape index (κ3) is 5.12. The van der Waals surface area contributed by atoms with E-state index in [9.17, 15) is 5.11 Å². The molecule has 2 unspecified atom stereocenters. The zero-order chi connectivity index (χ0) is 14.2. The zero-order valence-corrected chi connectivity index (χ0v) is 12.3. The van der Waals surface area contributed by atoms with Gasteiger partial charge in [0, 0.05) is 13.1 Å². The Morgan fingerprint density at radius 2 is 2.20 bits per heavy atom. The molecular formula is C16H26N2O2. The predicted molar refractivity (Wildman–Crippen MR) is 81.0 cm³/mol. The number of nitrogens with zero attached hydrogens (tertiary/aromatic N) is 1. The maximum absolute atomic E-state index is 9.88. The molecule has 0 spiro atoms. The van der Waals surface area contributed by atoms with E-state index in [0.717, 1.165) is 24.8 Å². The number of benzene rings is 1. The van der Waals surface area contributed by atoms with Crippen molar-refractivity contribution in [3.63, 3.8) is 0 Å². The molecule has 4 heteroatoms. The molecule has 2 atom stereocenters. The van der Waals surface area contributed by atoms with Gasteiger partial charge in [-0.05, 0) is 44.1 Å². The van der Waals surface area contributed by atoms with E-state index in [1.165, 1.54) is 19.5 Å². The summed E-state index contributed by atoms with van der Waals surface area (Å²) in [6.07, 6.45) is 0.802. The highest BCUT2D eigenvalue weighted by atomic mass is 16.5. The molecule has 2 rings (SSSR count). The highest BCUT2D eigenvalue weighted by Crippen LogP contribution is 2.14. The van der Waals surface area contributed by atoms with Crippen LogP contribution < -0.4 is 10.1 Å². The number of nitrogens with one attached hydrogen (secondary N) is 1. The van der Waals surface area contributed by atoms with Crippen LogP contribution in [0.15, 0.2) is 30.3 Å². The maximum Gasteiger partial charge on any atom is 0.119 e. The van der Waals surface area contributed by atoms with Gasteiger partial charge in [-0.15, -0.1) is 0 Å². The van der Waals surface area contributed by atoms with Gasteiger partial charge in [0.2, 0.25) is 0 Å². The van der Waals surface area contributed by atoms with Crippen LogP contribution in [0.2, 0.25) is 0 Å². The smallest absolute Gasteiger partial charge is 0.119 e. The predicted octanol–water partition coefficient (Wildman–Crippen LogP) is 1.36. The molecule has 1 aliphatic rings. The summed E-state index contributed by atoms with van der Waals surface area (Å²) in [6, 6.07) is 9.61. The van der Waals surface area contributed by atoms with Crippen molar-refractivity contribution in [1.29, 1.82) is 0 Å². The second-order valence-corrected chi connectivity index (χ2v) is 5.48. The van der Waals surface area contributed by atoms with Crippen molar-refractivity contribution in [3.05, 3.63) is 30.3 Å². The lowest BCUT2D eigenvalue weighted by atomic mass is 10.1. The molecule has 0 aliphatic carbocycles. The van der Waals surface area contributed by atoms with Gasteiger partial charge >= 0.3 is 0 Å². The highest BCUT2D eigenvalue weighted by Gasteiger charge is 2.20. The van der Waals surface area contributed by atoms with Crippen molar-refractivity contribution in [2.75, 3.05) is 39.3 Å². The van der Waals surface area contributed by atoms with E-state index in [1.807, 2.05) is 30.3 Å². The fourth-order valence-corrected chi connectivity index (χ4v) is 2.59. The Morgan fingerprint density at radius 1 is 1.40 bits per heavy atom. The van der Waals surface area contributed by atoms with Crippen molar-refractivity contribution in [2.45, 2.75) is 19.4 Å². The first-order chi connectivity index (χ1) is 9.78. The average molecular weight is 278 g/mol. The van der Waals surface area contributed by atoms with Crippen LogP contribution in [-0.4, -0.2) is 55.4 Å². The molecule has 0 aromatic heterocycles. The van der Waals surface area contributed by atoms with Crippen LogP contribution in [0.25, 0.3) is 0 Å². The molecule has 1 heterocycles. The van der Waals surface area contributed by atoms with Crippen molar-refractivity contribution in [1.82, 2.24) is 10.2 Å². The molecular weight excluding hydrogens is 252 g/mol. The largest absolute Gasteiger partial charge is 0.491 e. The molecule has 112 valence electrons. The number of hydrogen-bond acceptors (Lipinski definition) is 4. The molecule has 1 aromatic rings. The summed E-state index contributed by atoms with van der Waals surface area (Å²) in [6.45, 7) is 7.66. The van der Waals surface area contributed by atoms with Gasteiger partial charge in [-0.1, -0.05) is 25.1 Å². The van der Waals surface area contributed by atoms with E-state index in [2.05, 4.69) is 17.1 Å². The van der Waals surface area contributed by atoms with E-state index >= 15 is 0 Å². The topological polar surface area (TPSA) is 44.7 Å². The number of ether oxygens (including phenoxy) is 1. The van der Waals surface area contributed by atoms with Crippen molar-refractivity contribution in [3.8, 4) is 5.75 Å². The number of likely N-dealkylation sites (tertiary alicyclic amines) is 1. The second-order valence-electron chi connectivity index (χ2n) is 5.48. The molecule has 1 saturated heterocycles. The summed E-state index contributed by atoms with van der Waals surface area (Å²) in [5.74, 6) is 1.53. The Labute approximate surface area is 121 Å². The lowest BCUT2D eigenvalue weighted by Crippen LogP contribution is -2.35. The average Bonchev–Trinajstić information content (AvgIpc) is 2.94. The van der Waals surface area contributed by atoms with Gasteiger partial charge in [-0.3, -0.25) is 0 Å². The molecule has 0 amide bonds. The standard InChI is InChI=1S/C16H26N2O2/c1-2-18-9-8-14(12-18)10-17-11-15(19)13-20-16-6-4-3-5-7-16/h3-7,14-15,17,19H,2,8-13H2,1H3. The van der Waals surface area contributed by atoms with Gasteiger partial charge in [0.25, 0.3) is 0 Å². The second kappa shape index (κ2) is 8.25.